The third kappa shape index (κ3) is 11.8. The van der Waals surface area contributed by atoms with E-state index in [-0.39, 0.29) is 32.9 Å². The van der Waals surface area contributed by atoms with Gasteiger partial charge >= 0.3 is 12.1 Å². The zero-order valence-electron chi connectivity index (χ0n) is 26.1. The van der Waals surface area contributed by atoms with Crippen molar-refractivity contribution in [1.82, 2.24) is 15.1 Å². The van der Waals surface area contributed by atoms with Crippen LogP contribution in [0.25, 0.3) is 0 Å². The first-order valence-electron chi connectivity index (χ1n) is 14.1. The van der Waals surface area contributed by atoms with Gasteiger partial charge in [0.1, 0.15) is 0 Å². The molecule has 0 saturated heterocycles. The molecular weight excluding hydrogens is 706 g/mol. The van der Waals surface area contributed by atoms with Crippen molar-refractivity contribution < 1.29 is 42.3 Å². The molecule has 0 unspecified atom stereocenters. The molecule has 0 aliphatic carbocycles. The standard InChI is InChI=1S/C30H27Cl2N7O4.C2HF3O2/c1-39(2)14-6-13-25(40)34-19-8-3-7-18(15-19)28(41)35-20-9-4-10-21(16-20)36-30(43)27-24(17-33-38-27)37-29(42)26-22(31)11-5-12-23(26)32;3-2(4,5)1(6)7/h3-13,15-17H,14H2,1-2H3,(H,33,38)(H,34,40)(H,35,41)(H,36,43)(H,37,42);(H,6,7)/b13-6+;. The molecule has 0 atom stereocenters. The molecule has 0 radical (unpaired) electrons. The lowest BCUT2D eigenvalue weighted by Gasteiger charge is -2.11. The SMILES string of the molecule is CN(C)C/C=C/C(=O)Nc1cccc(C(=O)Nc2cccc(NC(=O)c3n[nH]cc3NC(=O)c3c(Cl)cccc3Cl)c2)c1.O=C(O)C(F)(F)F. The molecule has 1 heterocycles. The highest BCUT2D eigenvalue weighted by Gasteiger charge is 2.38. The number of carbonyl (C=O) groups is 5. The van der Waals surface area contributed by atoms with E-state index in [0.29, 0.717) is 29.2 Å². The van der Waals surface area contributed by atoms with E-state index in [2.05, 4.69) is 31.5 Å². The summed E-state index contributed by atoms with van der Waals surface area (Å²) in [5, 5.41) is 24.7. The molecule has 4 amide bonds. The zero-order valence-corrected chi connectivity index (χ0v) is 27.6. The van der Waals surface area contributed by atoms with E-state index in [4.69, 9.17) is 33.1 Å². The van der Waals surface area contributed by atoms with Gasteiger partial charge in [0.15, 0.2) is 5.69 Å². The van der Waals surface area contributed by atoms with Gasteiger partial charge in [-0.25, -0.2) is 4.79 Å². The van der Waals surface area contributed by atoms with E-state index >= 15 is 0 Å². The average molecular weight is 735 g/mol. The molecular formula is C32H28Cl2F3N7O6. The van der Waals surface area contributed by atoms with Crippen LogP contribution in [-0.2, 0) is 9.59 Å². The van der Waals surface area contributed by atoms with Crippen molar-refractivity contribution >= 4 is 75.5 Å². The fourth-order valence-corrected chi connectivity index (χ4v) is 4.39. The minimum Gasteiger partial charge on any atom is -0.475 e. The molecule has 0 bridgehead atoms. The highest BCUT2D eigenvalue weighted by atomic mass is 35.5. The number of carbonyl (C=O) groups excluding carboxylic acids is 4. The number of nitrogens with zero attached hydrogens (tertiary/aromatic N) is 2. The fraction of sp³-hybridized carbons (Fsp3) is 0.125. The number of hydrogen-bond donors (Lipinski definition) is 6. The molecule has 1 aromatic heterocycles. The number of H-pyrrole nitrogens is 1. The number of anilines is 4. The first kappa shape index (κ1) is 38.7. The molecule has 262 valence electrons. The van der Waals surface area contributed by atoms with Crippen LogP contribution >= 0.6 is 23.2 Å². The minimum absolute atomic E-state index is 0.0617. The number of aromatic amines is 1. The summed E-state index contributed by atoms with van der Waals surface area (Å²) in [5.41, 5.74) is 1.65. The van der Waals surface area contributed by atoms with Crippen molar-refractivity contribution in [2.45, 2.75) is 6.18 Å². The number of aliphatic carboxylic acids is 1. The number of carboxylic acids is 1. The van der Waals surface area contributed by atoms with Crippen LogP contribution in [-0.4, -0.2) is 76.6 Å². The number of rotatable bonds is 10. The minimum atomic E-state index is -5.08. The van der Waals surface area contributed by atoms with Crippen molar-refractivity contribution in [3.63, 3.8) is 0 Å². The Morgan fingerprint density at radius 2 is 1.36 bits per heavy atom. The number of amides is 4. The van der Waals surface area contributed by atoms with Crippen LogP contribution in [0.3, 0.4) is 0 Å². The van der Waals surface area contributed by atoms with Gasteiger partial charge in [0.2, 0.25) is 5.91 Å². The van der Waals surface area contributed by atoms with Gasteiger partial charge in [-0.2, -0.15) is 18.3 Å². The van der Waals surface area contributed by atoms with E-state index in [1.807, 2.05) is 19.0 Å². The third-order valence-corrected chi connectivity index (χ3v) is 6.68. The summed E-state index contributed by atoms with van der Waals surface area (Å²) < 4.78 is 31.7. The fourth-order valence-electron chi connectivity index (χ4n) is 3.82. The topological polar surface area (TPSA) is 186 Å². The monoisotopic (exact) mass is 733 g/mol. The molecule has 50 heavy (non-hydrogen) atoms. The molecule has 0 fully saturated rings. The smallest absolute Gasteiger partial charge is 0.475 e. The summed E-state index contributed by atoms with van der Waals surface area (Å²) in [6.45, 7) is 0.619. The number of carboxylic acid groups (broad SMARTS) is 1. The zero-order chi connectivity index (χ0) is 37.0. The van der Waals surface area contributed by atoms with Crippen LogP contribution in [0, 0.1) is 0 Å². The van der Waals surface area contributed by atoms with E-state index in [1.54, 1.807) is 60.7 Å². The van der Waals surface area contributed by atoms with Gasteiger partial charge in [-0.3, -0.25) is 24.3 Å². The van der Waals surface area contributed by atoms with Crippen LogP contribution in [0.15, 0.2) is 85.1 Å². The highest BCUT2D eigenvalue weighted by Crippen LogP contribution is 2.26. The quantitative estimate of drug-likeness (QED) is 0.105. The highest BCUT2D eigenvalue weighted by molar-refractivity contribution is 6.40. The van der Waals surface area contributed by atoms with Crippen LogP contribution in [0.1, 0.15) is 31.2 Å². The molecule has 3 aromatic carbocycles. The van der Waals surface area contributed by atoms with Gasteiger partial charge < -0.3 is 31.3 Å². The van der Waals surface area contributed by atoms with Crippen molar-refractivity contribution in [3.05, 3.63) is 112 Å². The van der Waals surface area contributed by atoms with E-state index < -0.39 is 29.9 Å². The Bertz CT molecular complexity index is 1890. The Balaban J connectivity index is 0.000000872. The van der Waals surface area contributed by atoms with Gasteiger partial charge in [0.25, 0.3) is 17.7 Å². The first-order chi connectivity index (χ1) is 23.5. The number of benzene rings is 3. The maximum atomic E-state index is 13.0. The summed E-state index contributed by atoms with van der Waals surface area (Å²) in [7, 11) is 3.79. The average Bonchev–Trinajstić information content (AvgIpc) is 3.49. The summed E-state index contributed by atoms with van der Waals surface area (Å²) in [6.07, 6.45) is -0.566. The van der Waals surface area contributed by atoms with Gasteiger partial charge in [-0.1, -0.05) is 47.5 Å². The van der Waals surface area contributed by atoms with E-state index in [1.165, 1.54) is 24.4 Å². The molecule has 0 saturated carbocycles. The summed E-state index contributed by atoms with van der Waals surface area (Å²) >= 11 is 12.2. The van der Waals surface area contributed by atoms with Crippen molar-refractivity contribution in [2.24, 2.45) is 0 Å². The Morgan fingerprint density at radius 3 is 1.94 bits per heavy atom. The van der Waals surface area contributed by atoms with E-state index in [9.17, 15) is 32.3 Å². The number of likely N-dealkylation sites (N-methyl/N-ethyl adjacent to an activating group) is 1. The second kappa shape index (κ2) is 17.6. The predicted molar refractivity (Wildman–Crippen MR) is 182 cm³/mol. The van der Waals surface area contributed by atoms with Gasteiger partial charge in [-0.05, 0) is 62.6 Å². The Hall–Kier alpha value is -5.71. The second-order valence-electron chi connectivity index (χ2n) is 10.2. The number of alkyl halides is 3. The summed E-state index contributed by atoms with van der Waals surface area (Å²) in [5.74, 6) is -4.71. The lowest BCUT2D eigenvalue weighted by Crippen LogP contribution is -2.21. The summed E-state index contributed by atoms with van der Waals surface area (Å²) in [4.78, 5) is 61.7. The normalized spacial score (nSPS) is 11.0. The maximum Gasteiger partial charge on any atom is 0.490 e. The predicted octanol–water partition coefficient (Wildman–Crippen LogP) is 6.16. The van der Waals surface area contributed by atoms with Crippen molar-refractivity contribution in [2.75, 3.05) is 41.9 Å². The van der Waals surface area contributed by atoms with Crippen LogP contribution in [0.2, 0.25) is 10.0 Å². The van der Waals surface area contributed by atoms with Crippen molar-refractivity contribution in [1.29, 1.82) is 0 Å². The molecule has 0 aliphatic heterocycles. The van der Waals surface area contributed by atoms with Gasteiger partial charge in [0.05, 0.1) is 21.3 Å². The number of nitrogens with one attached hydrogen (secondary N) is 5. The largest absolute Gasteiger partial charge is 0.490 e. The lowest BCUT2D eigenvalue weighted by molar-refractivity contribution is -0.192. The Morgan fingerprint density at radius 1 is 0.820 bits per heavy atom. The summed E-state index contributed by atoms with van der Waals surface area (Å²) in [6, 6.07) is 17.7. The number of aromatic nitrogens is 2. The van der Waals surface area contributed by atoms with Gasteiger partial charge in [-0.15, -0.1) is 0 Å². The van der Waals surface area contributed by atoms with E-state index in [0.717, 1.165) is 0 Å². The Labute approximate surface area is 292 Å². The van der Waals surface area contributed by atoms with Crippen LogP contribution < -0.4 is 21.3 Å². The second-order valence-corrected chi connectivity index (χ2v) is 11.0. The maximum absolute atomic E-state index is 13.0. The van der Waals surface area contributed by atoms with Crippen LogP contribution in [0.5, 0.6) is 0 Å². The first-order valence-corrected chi connectivity index (χ1v) is 14.8. The van der Waals surface area contributed by atoms with Gasteiger partial charge in [0, 0.05) is 41.4 Å². The molecule has 6 N–H and O–H groups in total. The number of hydrogen-bond acceptors (Lipinski definition) is 7. The molecule has 0 spiro atoms. The third-order valence-electron chi connectivity index (χ3n) is 6.05. The molecule has 18 heteroatoms. The van der Waals surface area contributed by atoms with Crippen molar-refractivity contribution in [3.8, 4) is 0 Å². The molecule has 4 aromatic rings. The van der Waals surface area contributed by atoms with Crippen LogP contribution in [0.4, 0.5) is 35.9 Å². The lowest BCUT2D eigenvalue weighted by atomic mass is 10.1. The molecule has 0 aliphatic rings. The Kier molecular flexibility index (Phi) is 13.6. The molecule has 4 rings (SSSR count). The molecule has 13 nitrogen and oxygen atoms in total. The number of halogens is 5.